The van der Waals surface area contributed by atoms with Crippen molar-refractivity contribution >= 4 is 17.3 Å². The van der Waals surface area contributed by atoms with Crippen LogP contribution in [-0.2, 0) is 0 Å². The molecular weight excluding hydrogens is 318 g/mol. The molecule has 25 heavy (non-hydrogen) atoms. The van der Waals surface area contributed by atoms with Gasteiger partial charge in [-0.1, -0.05) is 0 Å². The molecule has 0 bridgehead atoms. The van der Waals surface area contributed by atoms with Crippen molar-refractivity contribution in [3.63, 3.8) is 0 Å². The van der Waals surface area contributed by atoms with Gasteiger partial charge in [0.15, 0.2) is 11.5 Å². The third-order valence-electron chi connectivity index (χ3n) is 4.29. The van der Waals surface area contributed by atoms with Crippen molar-refractivity contribution in [2.24, 2.45) is 0 Å². The average Bonchev–Trinajstić information content (AvgIpc) is 2.68. The number of rotatable bonds is 5. The fraction of sp³-hybridized carbons (Fsp3) is 0.368. The molecule has 1 N–H and O–H groups in total. The second-order valence-electron chi connectivity index (χ2n) is 5.98. The van der Waals surface area contributed by atoms with Crippen molar-refractivity contribution in [2.45, 2.75) is 19.3 Å². The summed E-state index contributed by atoms with van der Waals surface area (Å²) in [6, 6.07) is 9.21. The van der Waals surface area contributed by atoms with Crippen molar-refractivity contribution in [2.75, 3.05) is 32.6 Å². The van der Waals surface area contributed by atoms with Gasteiger partial charge in [-0.15, -0.1) is 0 Å². The summed E-state index contributed by atoms with van der Waals surface area (Å²) in [5.74, 6) is 1.31. The standard InChI is InChI=1S/C19H23N3O3/c1-24-17-7-6-14(13-18(17)25-2)21-15-8-9-20-16(12-15)19(23)22-10-4-3-5-11-22/h6-9,12-13H,3-5,10-11H2,1-2H3,(H,20,21). The molecular formula is C19H23N3O3. The Kier molecular flexibility index (Phi) is 5.38. The second-order valence-corrected chi connectivity index (χ2v) is 5.98. The Morgan fingerprint density at radius 2 is 1.72 bits per heavy atom. The summed E-state index contributed by atoms with van der Waals surface area (Å²) in [6.07, 6.45) is 4.98. The lowest BCUT2D eigenvalue weighted by Crippen LogP contribution is -2.36. The number of nitrogens with one attached hydrogen (secondary N) is 1. The number of piperidine rings is 1. The number of aromatic nitrogens is 1. The van der Waals surface area contributed by atoms with Gasteiger partial charge in [-0.2, -0.15) is 0 Å². The summed E-state index contributed by atoms with van der Waals surface area (Å²) in [7, 11) is 3.20. The highest BCUT2D eigenvalue weighted by molar-refractivity contribution is 5.93. The van der Waals surface area contributed by atoms with Crippen LogP contribution in [0, 0.1) is 0 Å². The average molecular weight is 341 g/mol. The number of carbonyl (C=O) groups excluding carboxylic acids is 1. The van der Waals surface area contributed by atoms with E-state index in [0.29, 0.717) is 17.2 Å². The van der Waals surface area contributed by atoms with Crippen molar-refractivity contribution < 1.29 is 14.3 Å². The molecule has 1 aliphatic heterocycles. The van der Waals surface area contributed by atoms with Gasteiger partial charge in [0.2, 0.25) is 0 Å². The molecule has 2 heterocycles. The fourth-order valence-electron chi connectivity index (χ4n) is 2.96. The molecule has 132 valence electrons. The Morgan fingerprint density at radius 1 is 1.00 bits per heavy atom. The van der Waals surface area contributed by atoms with Crippen LogP contribution in [0.5, 0.6) is 11.5 Å². The first kappa shape index (κ1) is 17.1. The van der Waals surface area contributed by atoms with E-state index in [1.54, 1.807) is 26.5 Å². The molecule has 1 saturated heterocycles. The summed E-state index contributed by atoms with van der Waals surface area (Å²) in [5, 5.41) is 3.28. The van der Waals surface area contributed by atoms with E-state index in [0.717, 1.165) is 37.3 Å². The Hall–Kier alpha value is -2.76. The van der Waals surface area contributed by atoms with Crippen molar-refractivity contribution in [3.8, 4) is 11.5 Å². The van der Waals surface area contributed by atoms with E-state index < -0.39 is 0 Å². The number of nitrogens with zero attached hydrogens (tertiary/aromatic N) is 2. The number of ether oxygens (including phenoxy) is 2. The van der Waals surface area contributed by atoms with Gasteiger partial charge in [0.05, 0.1) is 14.2 Å². The minimum atomic E-state index is -0.00402. The zero-order chi connectivity index (χ0) is 17.6. The highest BCUT2D eigenvalue weighted by Gasteiger charge is 2.19. The van der Waals surface area contributed by atoms with Gasteiger partial charge in [0.25, 0.3) is 5.91 Å². The van der Waals surface area contributed by atoms with Crippen LogP contribution in [0.25, 0.3) is 0 Å². The summed E-state index contributed by atoms with van der Waals surface area (Å²) in [4.78, 5) is 18.7. The number of likely N-dealkylation sites (tertiary alicyclic amines) is 1. The Morgan fingerprint density at radius 3 is 2.44 bits per heavy atom. The Labute approximate surface area is 147 Å². The SMILES string of the molecule is COc1ccc(Nc2ccnc(C(=O)N3CCCCC3)c2)cc1OC. The monoisotopic (exact) mass is 341 g/mol. The van der Waals surface area contributed by atoms with E-state index in [-0.39, 0.29) is 5.91 Å². The molecule has 0 atom stereocenters. The number of hydrogen-bond donors (Lipinski definition) is 1. The molecule has 3 rings (SSSR count). The van der Waals surface area contributed by atoms with Gasteiger partial charge in [-0.25, -0.2) is 0 Å². The highest BCUT2D eigenvalue weighted by Crippen LogP contribution is 2.31. The number of pyridine rings is 1. The molecule has 0 aliphatic carbocycles. The third-order valence-corrected chi connectivity index (χ3v) is 4.29. The Bertz CT molecular complexity index is 742. The molecule has 0 radical (unpaired) electrons. The van der Waals surface area contributed by atoms with Gasteiger partial charge in [-0.05, 0) is 43.5 Å². The highest BCUT2D eigenvalue weighted by atomic mass is 16.5. The van der Waals surface area contributed by atoms with Crippen molar-refractivity contribution in [1.29, 1.82) is 0 Å². The summed E-state index contributed by atoms with van der Waals surface area (Å²) in [6.45, 7) is 1.63. The largest absolute Gasteiger partial charge is 0.493 e. The van der Waals surface area contributed by atoms with Crippen LogP contribution >= 0.6 is 0 Å². The lowest BCUT2D eigenvalue weighted by molar-refractivity contribution is 0.0718. The smallest absolute Gasteiger partial charge is 0.272 e. The molecule has 0 spiro atoms. The topological polar surface area (TPSA) is 63.7 Å². The first-order valence-corrected chi connectivity index (χ1v) is 8.45. The number of carbonyl (C=O) groups is 1. The van der Waals surface area contributed by atoms with Gasteiger partial charge >= 0.3 is 0 Å². The lowest BCUT2D eigenvalue weighted by atomic mass is 10.1. The maximum Gasteiger partial charge on any atom is 0.272 e. The number of amides is 1. The van der Waals surface area contributed by atoms with Crippen LogP contribution in [0.3, 0.4) is 0 Å². The van der Waals surface area contributed by atoms with Crippen LogP contribution in [0.2, 0.25) is 0 Å². The van der Waals surface area contributed by atoms with E-state index in [2.05, 4.69) is 10.3 Å². The number of hydrogen-bond acceptors (Lipinski definition) is 5. The summed E-state index contributed by atoms with van der Waals surface area (Å²) < 4.78 is 10.6. The molecule has 0 saturated carbocycles. The van der Waals surface area contributed by atoms with Crippen LogP contribution in [0.15, 0.2) is 36.5 Å². The summed E-state index contributed by atoms with van der Waals surface area (Å²) in [5.41, 5.74) is 2.12. The molecule has 2 aromatic rings. The minimum absolute atomic E-state index is 0.00402. The van der Waals surface area contributed by atoms with Crippen LogP contribution in [-0.4, -0.2) is 43.1 Å². The minimum Gasteiger partial charge on any atom is -0.493 e. The molecule has 1 amide bonds. The van der Waals surface area contributed by atoms with E-state index in [4.69, 9.17) is 9.47 Å². The quantitative estimate of drug-likeness (QED) is 0.902. The van der Waals surface area contributed by atoms with E-state index in [9.17, 15) is 4.79 Å². The van der Waals surface area contributed by atoms with Crippen LogP contribution in [0.1, 0.15) is 29.8 Å². The zero-order valence-electron chi connectivity index (χ0n) is 14.6. The number of benzene rings is 1. The van der Waals surface area contributed by atoms with Gasteiger partial charge in [0.1, 0.15) is 5.69 Å². The predicted octanol–water partition coefficient (Wildman–Crippen LogP) is 3.47. The first-order chi connectivity index (χ1) is 12.2. The van der Waals surface area contributed by atoms with Crippen molar-refractivity contribution in [1.82, 2.24) is 9.88 Å². The number of methoxy groups -OCH3 is 2. The van der Waals surface area contributed by atoms with E-state index >= 15 is 0 Å². The van der Waals surface area contributed by atoms with Crippen molar-refractivity contribution in [3.05, 3.63) is 42.2 Å². The van der Waals surface area contributed by atoms with Gasteiger partial charge in [0, 0.05) is 36.7 Å². The summed E-state index contributed by atoms with van der Waals surface area (Å²) >= 11 is 0. The molecule has 1 fully saturated rings. The maximum absolute atomic E-state index is 12.6. The molecule has 6 nitrogen and oxygen atoms in total. The maximum atomic E-state index is 12.6. The van der Waals surface area contributed by atoms with E-state index in [1.165, 1.54) is 6.42 Å². The Balaban J connectivity index is 1.76. The molecule has 1 aliphatic rings. The number of anilines is 2. The molecule has 1 aromatic heterocycles. The molecule has 1 aromatic carbocycles. The third kappa shape index (κ3) is 4.02. The second kappa shape index (κ2) is 7.88. The predicted molar refractivity (Wildman–Crippen MR) is 96.8 cm³/mol. The first-order valence-electron chi connectivity index (χ1n) is 8.45. The van der Waals surface area contributed by atoms with Gasteiger partial charge < -0.3 is 19.7 Å². The fourth-order valence-corrected chi connectivity index (χ4v) is 2.96. The van der Waals surface area contributed by atoms with Crippen LogP contribution < -0.4 is 14.8 Å². The molecule has 0 unspecified atom stereocenters. The van der Waals surface area contributed by atoms with Gasteiger partial charge in [-0.3, -0.25) is 9.78 Å². The normalized spacial score (nSPS) is 14.1. The lowest BCUT2D eigenvalue weighted by Gasteiger charge is -2.26. The van der Waals surface area contributed by atoms with E-state index in [1.807, 2.05) is 29.2 Å². The van der Waals surface area contributed by atoms with Crippen LogP contribution in [0.4, 0.5) is 11.4 Å². The zero-order valence-corrected chi connectivity index (χ0v) is 14.6. The molecule has 6 heteroatoms.